The number of halogens is 1. The Balaban J connectivity index is 0.00000225. The maximum atomic E-state index is 5.06. The van der Waals surface area contributed by atoms with E-state index in [1.807, 2.05) is 0 Å². The van der Waals surface area contributed by atoms with Crippen LogP contribution in [0.5, 0.6) is 0 Å². The van der Waals surface area contributed by atoms with Crippen molar-refractivity contribution in [3.8, 4) is 0 Å². The highest BCUT2D eigenvalue weighted by Gasteiger charge is 2.06. The average Bonchev–Trinajstić information content (AvgIpc) is 2.63. The van der Waals surface area contributed by atoms with Crippen LogP contribution < -0.4 is 5.32 Å². The molecule has 0 aliphatic heterocycles. The molecule has 0 saturated carbocycles. The lowest BCUT2D eigenvalue weighted by Gasteiger charge is -2.10. The Morgan fingerprint density at radius 1 is 1.44 bits per heavy atom. The van der Waals surface area contributed by atoms with Crippen LogP contribution in [-0.2, 0) is 11.3 Å². The lowest BCUT2D eigenvalue weighted by atomic mass is 10.2. The van der Waals surface area contributed by atoms with Crippen molar-refractivity contribution in [3.63, 3.8) is 0 Å². The molecule has 0 aliphatic rings. The minimum Gasteiger partial charge on any atom is -0.383 e. The summed E-state index contributed by atoms with van der Waals surface area (Å²) >= 11 is 1.74. The number of hydrogen-bond donors (Lipinski definition) is 1. The Bertz CT molecular complexity index is 291. The van der Waals surface area contributed by atoms with Crippen LogP contribution in [0.4, 0.5) is 0 Å². The second-order valence-corrected chi connectivity index (χ2v) is 4.96. The van der Waals surface area contributed by atoms with Gasteiger partial charge in [-0.3, -0.25) is 0 Å². The Labute approximate surface area is 108 Å². The van der Waals surface area contributed by atoms with Gasteiger partial charge in [-0.15, -0.1) is 23.7 Å². The molecule has 0 saturated heterocycles. The summed E-state index contributed by atoms with van der Waals surface area (Å²) in [7, 11) is 1.72. The van der Waals surface area contributed by atoms with Gasteiger partial charge in [-0.25, -0.2) is 4.98 Å². The minimum absolute atomic E-state index is 0. The number of hydrogen-bond acceptors (Lipinski definition) is 4. The molecule has 1 rings (SSSR count). The average molecular weight is 265 g/mol. The fourth-order valence-corrected chi connectivity index (χ4v) is 2.09. The second kappa shape index (κ2) is 8.01. The number of rotatable bonds is 6. The van der Waals surface area contributed by atoms with Gasteiger partial charge in [0, 0.05) is 31.0 Å². The first-order valence-electron chi connectivity index (χ1n) is 5.30. The molecule has 0 fully saturated rings. The molecule has 1 aromatic rings. The van der Waals surface area contributed by atoms with E-state index in [4.69, 9.17) is 4.74 Å². The van der Waals surface area contributed by atoms with Crippen LogP contribution in [0.2, 0.25) is 0 Å². The van der Waals surface area contributed by atoms with Crippen molar-refractivity contribution in [2.45, 2.75) is 39.3 Å². The van der Waals surface area contributed by atoms with Gasteiger partial charge in [0.05, 0.1) is 17.3 Å². The van der Waals surface area contributed by atoms with Crippen molar-refractivity contribution in [3.05, 3.63) is 16.1 Å². The van der Waals surface area contributed by atoms with Crippen LogP contribution in [-0.4, -0.2) is 24.7 Å². The summed E-state index contributed by atoms with van der Waals surface area (Å²) in [5, 5.41) is 6.71. The third-order valence-electron chi connectivity index (χ3n) is 2.11. The first-order valence-corrected chi connectivity index (χ1v) is 6.18. The third kappa shape index (κ3) is 5.25. The molecule has 5 heteroatoms. The van der Waals surface area contributed by atoms with Crippen molar-refractivity contribution in [1.29, 1.82) is 0 Å². The molecule has 0 bridgehead atoms. The van der Waals surface area contributed by atoms with E-state index in [-0.39, 0.29) is 12.4 Å². The van der Waals surface area contributed by atoms with Crippen LogP contribution in [0.3, 0.4) is 0 Å². The summed E-state index contributed by atoms with van der Waals surface area (Å²) in [5.74, 6) is 0.528. The molecule has 16 heavy (non-hydrogen) atoms. The van der Waals surface area contributed by atoms with Gasteiger partial charge in [0.25, 0.3) is 0 Å². The number of ether oxygens (including phenoxy) is 1. The Hall–Kier alpha value is -0.160. The van der Waals surface area contributed by atoms with Gasteiger partial charge >= 0.3 is 0 Å². The van der Waals surface area contributed by atoms with Crippen molar-refractivity contribution in [2.24, 2.45) is 0 Å². The molecule has 1 aromatic heterocycles. The number of thiazole rings is 1. The maximum Gasteiger partial charge on any atom is 0.0954 e. The lowest BCUT2D eigenvalue weighted by Crippen LogP contribution is -2.29. The zero-order valence-corrected chi connectivity index (χ0v) is 12.0. The van der Waals surface area contributed by atoms with Crippen molar-refractivity contribution >= 4 is 23.7 Å². The molecule has 0 aromatic carbocycles. The molecule has 0 spiro atoms. The molecule has 0 aliphatic carbocycles. The molecular weight excluding hydrogens is 244 g/mol. The SMILES string of the molecule is COCC(C)NCc1csc(C(C)C)n1.Cl. The highest BCUT2D eigenvalue weighted by atomic mass is 35.5. The Morgan fingerprint density at radius 3 is 2.62 bits per heavy atom. The fourth-order valence-electron chi connectivity index (χ4n) is 1.26. The van der Waals surface area contributed by atoms with Crippen molar-refractivity contribution < 1.29 is 4.74 Å². The van der Waals surface area contributed by atoms with Gasteiger partial charge in [-0.05, 0) is 6.92 Å². The largest absolute Gasteiger partial charge is 0.383 e. The van der Waals surface area contributed by atoms with Gasteiger partial charge in [-0.1, -0.05) is 13.8 Å². The van der Waals surface area contributed by atoms with Gasteiger partial charge in [0.1, 0.15) is 0 Å². The number of methoxy groups -OCH3 is 1. The number of aromatic nitrogens is 1. The summed E-state index contributed by atoms with van der Waals surface area (Å²) in [6, 6.07) is 0.374. The molecular formula is C11H21ClN2OS. The molecule has 0 amide bonds. The molecule has 1 atom stereocenters. The number of nitrogens with one attached hydrogen (secondary N) is 1. The van der Waals surface area contributed by atoms with Gasteiger partial charge in [0.2, 0.25) is 0 Å². The van der Waals surface area contributed by atoms with E-state index in [0.717, 1.165) is 18.8 Å². The van der Waals surface area contributed by atoms with Gasteiger partial charge in [-0.2, -0.15) is 0 Å². The number of nitrogens with zero attached hydrogens (tertiary/aromatic N) is 1. The highest BCUT2D eigenvalue weighted by Crippen LogP contribution is 2.18. The quantitative estimate of drug-likeness (QED) is 0.858. The van der Waals surface area contributed by atoms with Crippen LogP contribution in [0, 0.1) is 0 Å². The zero-order chi connectivity index (χ0) is 11.3. The molecule has 0 radical (unpaired) electrons. The van der Waals surface area contributed by atoms with Gasteiger partial charge in [0.15, 0.2) is 0 Å². The summed E-state index contributed by atoms with van der Waals surface area (Å²) in [6.07, 6.45) is 0. The standard InChI is InChI=1S/C11H20N2OS.ClH/c1-8(2)11-13-10(7-15-11)5-12-9(3)6-14-4;/h7-9,12H,5-6H2,1-4H3;1H. The van der Waals surface area contributed by atoms with E-state index in [2.05, 4.69) is 36.5 Å². The molecule has 1 heterocycles. The zero-order valence-electron chi connectivity index (χ0n) is 10.3. The molecule has 94 valence electrons. The first kappa shape index (κ1) is 15.8. The normalized spacial score (nSPS) is 12.6. The van der Waals surface area contributed by atoms with E-state index in [0.29, 0.717) is 12.0 Å². The Morgan fingerprint density at radius 2 is 2.12 bits per heavy atom. The second-order valence-electron chi connectivity index (χ2n) is 4.07. The van der Waals surface area contributed by atoms with E-state index >= 15 is 0 Å². The smallest absolute Gasteiger partial charge is 0.0954 e. The molecule has 3 nitrogen and oxygen atoms in total. The summed E-state index contributed by atoms with van der Waals surface area (Å²) in [4.78, 5) is 4.56. The van der Waals surface area contributed by atoms with Crippen molar-refractivity contribution in [2.75, 3.05) is 13.7 Å². The predicted molar refractivity (Wildman–Crippen MR) is 71.6 cm³/mol. The van der Waals surface area contributed by atoms with Gasteiger partial charge < -0.3 is 10.1 Å². The van der Waals surface area contributed by atoms with Crippen LogP contribution in [0.25, 0.3) is 0 Å². The van der Waals surface area contributed by atoms with Crippen LogP contribution >= 0.6 is 23.7 Å². The van der Waals surface area contributed by atoms with E-state index in [9.17, 15) is 0 Å². The highest BCUT2D eigenvalue weighted by molar-refractivity contribution is 7.09. The molecule has 1 unspecified atom stereocenters. The maximum absolute atomic E-state index is 5.06. The Kier molecular flexibility index (Phi) is 7.93. The fraction of sp³-hybridized carbons (Fsp3) is 0.727. The third-order valence-corrected chi connectivity index (χ3v) is 3.31. The van der Waals surface area contributed by atoms with Crippen LogP contribution in [0.1, 0.15) is 37.4 Å². The monoisotopic (exact) mass is 264 g/mol. The lowest BCUT2D eigenvalue weighted by molar-refractivity contribution is 0.171. The minimum atomic E-state index is 0. The van der Waals surface area contributed by atoms with Crippen LogP contribution in [0.15, 0.2) is 5.38 Å². The molecule has 1 N–H and O–H groups in total. The van der Waals surface area contributed by atoms with E-state index in [1.54, 1.807) is 18.4 Å². The first-order chi connectivity index (χ1) is 7.13. The summed E-state index contributed by atoms with van der Waals surface area (Å²) in [6.45, 7) is 8.02. The predicted octanol–water partition coefficient (Wildman–Crippen LogP) is 2.81. The summed E-state index contributed by atoms with van der Waals surface area (Å²) < 4.78 is 5.06. The van der Waals surface area contributed by atoms with E-state index in [1.165, 1.54) is 5.01 Å². The topological polar surface area (TPSA) is 34.1 Å². The van der Waals surface area contributed by atoms with Crippen molar-refractivity contribution in [1.82, 2.24) is 10.3 Å². The van der Waals surface area contributed by atoms with E-state index < -0.39 is 0 Å². The summed E-state index contributed by atoms with van der Waals surface area (Å²) in [5.41, 5.74) is 1.13.